The second-order valence-electron chi connectivity index (χ2n) is 5.14. The molecule has 0 saturated carbocycles. The number of benzene rings is 1. The van der Waals surface area contributed by atoms with Crippen LogP contribution in [0.15, 0.2) is 18.2 Å². The minimum atomic E-state index is 0.168. The molecule has 1 N–H and O–H groups in total. The molecule has 1 saturated heterocycles. The van der Waals surface area contributed by atoms with Crippen LogP contribution in [0.1, 0.15) is 25.8 Å². The van der Waals surface area contributed by atoms with Gasteiger partial charge in [0.25, 0.3) is 0 Å². The molecule has 1 atom stereocenters. The van der Waals surface area contributed by atoms with Crippen molar-refractivity contribution in [1.29, 1.82) is 0 Å². The fraction of sp³-hybridized carbons (Fsp3) is 0.538. The topological polar surface area (TPSA) is 21.3 Å². The van der Waals surface area contributed by atoms with Gasteiger partial charge in [-0.2, -0.15) is 0 Å². The summed E-state index contributed by atoms with van der Waals surface area (Å²) in [5.74, 6) is 0.797. The van der Waals surface area contributed by atoms with E-state index in [2.05, 4.69) is 19.2 Å². The number of hydrogen-bond donors (Lipinski definition) is 1. The van der Waals surface area contributed by atoms with E-state index in [1.807, 2.05) is 25.1 Å². The summed E-state index contributed by atoms with van der Waals surface area (Å²) in [5.41, 5.74) is 1.34. The molecule has 1 unspecified atom stereocenters. The van der Waals surface area contributed by atoms with Gasteiger partial charge in [-0.3, -0.25) is 0 Å². The molecule has 88 valence electrons. The molecular weight excluding hydrogens is 222 g/mol. The first-order valence-corrected chi connectivity index (χ1v) is 6.02. The van der Waals surface area contributed by atoms with E-state index < -0.39 is 0 Å². The second-order valence-corrected chi connectivity index (χ2v) is 5.55. The monoisotopic (exact) mass is 239 g/mol. The van der Waals surface area contributed by atoms with Crippen molar-refractivity contribution in [2.45, 2.75) is 38.8 Å². The standard InChI is InChI=1S/C13H18ClNO/c1-9-4-5-11(14)12(6-9)16-10-7-13(2,3)15-8-10/h4-6,10,15H,7-8H2,1-3H3. The molecule has 0 aromatic heterocycles. The van der Waals surface area contributed by atoms with Crippen LogP contribution >= 0.6 is 11.6 Å². The first-order chi connectivity index (χ1) is 7.46. The van der Waals surface area contributed by atoms with E-state index in [0.717, 1.165) is 18.7 Å². The van der Waals surface area contributed by atoms with Gasteiger partial charge in [-0.1, -0.05) is 17.7 Å². The summed E-state index contributed by atoms with van der Waals surface area (Å²) < 4.78 is 5.93. The number of aryl methyl sites for hydroxylation is 1. The maximum Gasteiger partial charge on any atom is 0.138 e. The molecule has 0 amide bonds. The predicted octanol–water partition coefficient (Wildman–Crippen LogP) is 3.17. The van der Waals surface area contributed by atoms with Gasteiger partial charge in [-0.05, 0) is 38.5 Å². The van der Waals surface area contributed by atoms with Gasteiger partial charge in [0.1, 0.15) is 11.9 Å². The quantitative estimate of drug-likeness (QED) is 0.856. The van der Waals surface area contributed by atoms with Gasteiger partial charge in [0.2, 0.25) is 0 Å². The van der Waals surface area contributed by atoms with E-state index >= 15 is 0 Å². The first-order valence-electron chi connectivity index (χ1n) is 5.64. The van der Waals surface area contributed by atoms with E-state index in [9.17, 15) is 0 Å². The lowest BCUT2D eigenvalue weighted by Gasteiger charge is -2.18. The third-order valence-corrected chi connectivity index (χ3v) is 3.24. The van der Waals surface area contributed by atoms with Crippen LogP contribution in [0.4, 0.5) is 0 Å². The highest BCUT2D eigenvalue weighted by molar-refractivity contribution is 6.32. The number of rotatable bonds is 2. The largest absolute Gasteiger partial charge is 0.487 e. The minimum absolute atomic E-state index is 0.168. The molecule has 0 bridgehead atoms. The van der Waals surface area contributed by atoms with Crippen molar-refractivity contribution in [3.05, 3.63) is 28.8 Å². The summed E-state index contributed by atoms with van der Waals surface area (Å²) in [6, 6.07) is 5.87. The molecule has 2 nitrogen and oxygen atoms in total. The van der Waals surface area contributed by atoms with Gasteiger partial charge in [0, 0.05) is 18.5 Å². The Kier molecular flexibility index (Phi) is 3.13. The molecule has 0 aliphatic carbocycles. The Balaban J connectivity index is 2.07. The van der Waals surface area contributed by atoms with Crippen LogP contribution < -0.4 is 10.1 Å². The van der Waals surface area contributed by atoms with Crippen molar-refractivity contribution in [3.63, 3.8) is 0 Å². The van der Waals surface area contributed by atoms with Crippen molar-refractivity contribution in [2.24, 2.45) is 0 Å². The molecule has 1 fully saturated rings. The first kappa shape index (κ1) is 11.7. The number of halogens is 1. The molecule has 1 heterocycles. The van der Waals surface area contributed by atoms with Gasteiger partial charge < -0.3 is 10.1 Å². The fourth-order valence-corrected chi connectivity index (χ4v) is 2.23. The van der Waals surface area contributed by atoms with Crippen molar-refractivity contribution in [1.82, 2.24) is 5.32 Å². The summed E-state index contributed by atoms with van der Waals surface area (Å²) in [5, 5.41) is 4.12. The average Bonchev–Trinajstić information content (AvgIpc) is 2.52. The van der Waals surface area contributed by atoms with Crippen LogP contribution in [-0.2, 0) is 0 Å². The highest BCUT2D eigenvalue weighted by Gasteiger charge is 2.31. The maximum atomic E-state index is 6.10. The molecule has 16 heavy (non-hydrogen) atoms. The van der Waals surface area contributed by atoms with Gasteiger partial charge in [-0.15, -0.1) is 0 Å². The summed E-state index contributed by atoms with van der Waals surface area (Å²) in [7, 11) is 0. The van der Waals surface area contributed by atoms with Gasteiger partial charge in [0.05, 0.1) is 5.02 Å². The molecule has 2 rings (SSSR count). The Morgan fingerprint density at radius 2 is 2.19 bits per heavy atom. The molecule has 0 radical (unpaired) electrons. The van der Waals surface area contributed by atoms with E-state index in [4.69, 9.17) is 16.3 Å². The predicted molar refractivity (Wildman–Crippen MR) is 67.3 cm³/mol. The summed E-state index contributed by atoms with van der Waals surface area (Å²) in [4.78, 5) is 0. The third-order valence-electron chi connectivity index (χ3n) is 2.93. The van der Waals surface area contributed by atoms with Crippen LogP contribution in [-0.4, -0.2) is 18.2 Å². The Labute approximate surface area is 102 Å². The van der Waals surface area contributed by atoms with Gasteiger partial charge >= 0.3 is 0 Å². The highest BCUT2D eigenvalue weighted by atomic mass is 35.5. The minimum Gasteiger partial charge on any atom is -0.487 e. The summed E-state index contributed by atoms with van der Waals surface area (Å²) >= 11 is 6.10. The summed E-state index contributed by atoms with van der Waals surface area (Å²) in [6.45, 7) is 7.31. The number of ether oxygens (including phenoxy) is 1. The van der Waals surface area contributed by atoms with Crippen molar-refractivity contribution in [2.75, 3.05) is 6.54 Å². The van der Waals surface area contributed by atoms with E-state index in [1.54, 1.807) is 0 Å². The molecule has 3 heteroatoms. The molecule has 0 spiro atoms. The normalized spacial score (nSPS) is 23.4. The van der Waals surface area contributed by atoms with Crippen LogP contribution in [0.5, 0.6) is 5.75 Å². The average molecular weight is 240 g/mol. The molecule has 1 aromatic rings. The van der Waals surface area contributed by atoms with Crippen LogP contribution in [0.25, 0.3) is 0 Å². The van der Waals surface area contributed by atoms with Crippen LogP contribution in [0, 0.1) is 6.92 Å². The smallest absolute Gasteiger partial charge is 0.138 e. The highest BCUT2D eigenvalue weighted by Crippen LogP contribution is 2.29. The molecule has 1 aliphatic heterocycles. The van der Waals surface area contributed by atoms with E-state index in [-0.39, 0.29) is 11.6 Å². The number of hydrogen-bond acceptors (Lipinski definition) is 2. The fourth-order valence-electron chi connectivity index (χ4n) is 2.07. The van der Waals surface area contributed by atoms with Crippen molar-refractivity contribution < 1.29 is 4.74 Å². The zero-order valence-electron chi connectivity index (χ0n) is 10.0. The van der Waals surface area contributed by atoms with Crippen molar-refractivity contribution in [3.8, 4) is 5.75 Å². The molecule has 1 aromatic carbocycles. The maximum absolute atomic E-state index is 6.10. The van der Waals surface area contributed by atoms with Crippen molar-refractivity contribution >= 4 is 11.6 Å². The zero-order valence-corrected chi connectivity index (χ0v) is 10.8. The zero-order chi connectivity index (χ0) is 11.8. The third kappa shape index (κ3) is 2.69. The second kappa shape index (κ2) is 4.27. The lowest BCUT2D eigenvalue weighted by atomic mass is 10.0. The Morgan fingerprint density at radius 3 is 2.81 bits per heavy atom. The van der Waals surface area contributed by atoms with Crippen LogP contribution in [0.2, 0.25) is 5.02 Å². The Hall–Kier alpha value is -0.730. The SMILES string of the molecule is Cc1ccc(Cl)c(OC2CNC(C)(C)C2)c1. The van der Waals surface area contributed by atoms with Crippen LogP contribution in [0.3, 0.4) is 0 Å². The Bertz CT molecular complexity index is 390. The molecule has 1 aliphatic rings. The van der Waals surface area contributed by atoms with Gasteiger partial charge in [-0.25, -0.2) is 0 Å². The lowest BCUT2D eigenvalue weighted by Crippen LogP contribution is -2.31. The molecular formula is C13H18ClNO. The lowest BCUT2D eigenvalue weighted by molar-refractivity contribution is 0.214. The van der Waals surface area contributed by atoms with E-state index in [0.29, 0.717) is 5.02 Å². The number of nitrogens with one attached hydrogen (secondary N) is 1. The Morgan fingerprint density at radius 1 is 1.44 bits per heavy atom. The summed E-state index contributed by atoms with van der Waals surface area (Å²) in [6.07, 6.45) is 1.23. The van der Waals surface area contributed by atoms with Gasteiger partial charge in [0.15, 0.2) is 0 Å². The van der Waals surface area contributed by atoms with E-state index in [1.165, 1.54) is 5.56 Å².